The van der Waals surface area contributed by atoms with Crippen molar-refractivity contribution in [3.63, 3.8) is 0 Å². The van der Waals surface area contributed by atoms with E-state index in [1.54, 1.807) is 0 Å². The van der Waals surface area contributed by atoms with Crippen molar-refractivity contribution in [3.8, 4) is 0 Å². The second kappa shape index (κ2) is 9.93. The molecule has 1 aromatic carbocycles. The van der Waals surface area contributed by atoms with Gasteiger partial charge in [-0.05, 0) is 63.2 Å². The van der Waals surface area contributed by atoms with E-state index in [2.05, 4.69) is 16.7 Å². The van der Waals surface area contributed by atoms with Gasteiger partial charge in [-0.1, -0.05) is 18.2 Å². The van der Waals surface area contributed by atoms with Crippen molar-refractivity contribution in [2.45, 2.75) is 38.5 Å². The maximum Gasteiger partial charge on any atom is 0.227 e. The zero-order valence-corrected chi connectivity index (χ0v) is 16.3. The number of nitrogens with zero attached hydrogens (tertiary/aromatic N) is 1. The second-order valence-corrected chi connectivity index (χ2v) is 7.30. The number of carbonyl (C=O) groups is 2. The Bertz CT molecular complexity index is 615. The molecule has 26 heavy (non-hydrogen) atoms. The summed E-state index contributed by atoms with van der Waals surface area (Å²) in [5, 5.41) is 6.17. The molecule has 3 rings (SSSR count). The van der Waals surface area contributed by atoms with Crippen LogP contribution in [0.25, 0.3) is 0 Å². The topological polar surface area (TPSA) is 61.4 Å². The molecule has 1 aromatic rings. The fraction of sp³-hybridized carbons (Fsp3) is 0.600. The van der Waals surface area contributed by atoms with Crippen molar-refractivity contribution in [2.75, 3.05) is 32.0 Å². The standard InChI is InChI=1S/C20H29N3O2.ClH/c1-21-11-8-15-9-12-23(13-10-15)19(24)7-6-17-14-16-4-2-3-5-18(16)22-20(17)25;/h2-5,15,17,21H,6-14H2,1H3,(H,22,25);1H. The van der Waals surface area contributed by atoms with E-state index >= 15 is 0 Å². The van der Waals surface area contributed by atoms with E-state index in [9.17, 15) is 9.59 Å². The zero-order valence-electron chi connectivity index (χ0n) is 15.5. The fourth-order valence-corrected chi connectivity index (χ4v) is 3.92. The van der Waals surface area contributed by atoms with Gasteiger partial charge in [0.25, 0.3) is 0 Å². The Hall–Kier alpha value is -1.59. The Morgan fingerprint density at radius 2 is 1.96 bits per heavy atom. The highest BCUT2D eigenvalue weighted by atomic mass is 35.5. The minimum Gasteiger partial charge on any atom is -0.343 e. The van der Waals surface area contributed by atoms with Gasteiger partial charge in [0, 0.05) is 31.1 Å². The molecule has 1 fully saturated rings. The van der Waals surface area contributed by atoms with Gasteiger partial charge in [0.05, 0.1) is 0 Å². The Morgan fingerprint density at radius 3 is 2.69 bits per heavy atom. The van der Waals surface area contributed by atoms with Gasteiger partial charge < -0.3 is 15.5 Å². The second-order valence-electron chi connectivity index (χ2n) is 7.30. The van der Waals surface area contributed by atoms with Gasteiger partial charge in [0.2, 0.25) is 11.8 Å². The van der Waals surface area contributed by atoms with Gasteiger partial charge in [0.15, 0.2) is 0 Å². The quantitative estimate of drug-likeness (QED) is 0.798. The van der Waals surface area contributed by atoms with Crippen LogP contribution >= 0.6 is 12.4 Å². The summed E-state index contributed by atoms with van der Waals surface area (Å²) in [6, 6.07) is 7.92. The molecule has 1 atom stereocenters. The number of halogens is 1. The highest BCUT2D eigenvalue weighted by Gasteiger charge is 2.28. The van der Waals surface area contributed by atoms with E-state index in [-0.39, 0.29) is 30.1 Å². The Balaban J connectivity index is 0.00000243. The number of para-hydroxylation sites is 1. The summed E-state index contributed by atoms with van der Waals surface area (Å²) in [4.78, 5) is 26.7. The molecule has 0 aliphatic carbocycles. The van der Waals surface area contributed by atoms with Crippen LogP contribution in [-0.2, 0) is 16.0 Å². The zero-order chi connectivity index (χ0) is 17.6. The van der Waals surface area contributed by atoms with Crippen molar-refractivity contribution < 1.29 is 9.59 Å². The molecule has 0 bridgehead atoms. The highest BCUT2D eigenvalue weighted by molar-refractivity contribution is 5.96. The molecule has 0 saturated carbocycles. The summed E-state index contributed by atoms with van der Waals surface area (Å²) in [5.41, 5.74) is 2.09. The SMILES string of the molecule is CNCCC1CCN(C(=O)CCC2Cc3ccccc3NC2=O)CC1.Cl. The summed E-state index contributed by atoms with van der Waals surface area (Å²) in [5.74, 6) is 0.903. The van der Waals surface area contributed by atoms with Crippen LogP contribution in [0.1, 0.15) is 37.7 Å². The number of hydrogen-bond donors (Lipinski definition) is 2. The lowest BCUT2D eigenvalue weighted by Crippen LogP contribution is -2.39. The molecule has 1 unspecified atom stereocenters. The van der Waals surface area contributed by atoms with E-state index in [1.807, 2.05) is 30.1 Å². The van der Waals surface area contributed by atoms with Gasteiger partial charge in [-0.15, -0.1) is 12.4 Å². The van der Waals surface area contributed by atoms with Crippen LogP contribution in [0.15, 0.2) is 24.3 Å². The predicted molar refractivity (Wildman–Crippen MR) is 107 cm³/mol. The van der Waals surface area contributed by atoms with Crippen LogP contribution in [0, 0.1) is 11.8 Å². The van der Waals surface area contributed by atoms with Crippen molar-refractivity contribution in [1.29, 1.82) is 0 Å². The molecule has 6 heteroatoms. The lowest BCUT2D eigenvalue weighted by atomic mass is 9.89. The first-order valence-electron chi connectivity index (χ1n) is 9.48. The first-order chi connectivity index (χ1) is 12.2. The Kier molecular flexibility index (Phi) is 7.91. The van der Waals surface area contributed by atoms with Gasteiger partial charge in [-0.3, -0.25) is 9.59 Å². The smallest absolute Gasteiger partial charge is 0.227 e. The van der Waals surface area contributed by atoms with Crippen LogP contribution in [0.4, 0.5) is 5.69 Å². The van der Waals surface area contributed by atoms with Crippen molar-refractivity contribution in [1.82, 2.24) is 10.2 Å². The molecule has 2 aliphatic heterocycles. The van der Waals surface area contributed by atoms with Gasteiger partial charge in [-0.2, -0.15) is 0 Å². The number of hydrogen-bond acceptors (Lipinski definition) is 3. The van der Waals surface area contributed by atoms with Crippen LogP contribution in [0.2, 0.25) is 0 Å². The summed E-state index contributed by atoms with van der Waals surface area (Å²) < 4.78 is 0. The maximum atomic E-state index is 12.5. The van der Waals surface area contributed by atoms with Crippen LogP contribution in [0.3, 0.4) is 0 Å². The van der Waals surface area contributed by atoms with Crippen LogP contribution in [-0.4, -0.2) is 43.4 Å². The fourth-order valence-electron chi connectivity index (χ4n) is 3.92. The molecular weight excluding hydrogens is 350 g/mol. The number of amides is 2. The number of fused-ring (bicyclic) bond motifs is 1. The monoisotopic (exact) mass is 379 g/mol. The average molecular weight is 380 g/mol. The molecule has 0 aromatic heterocycles. The normalized spacial score (nSPS) is 20.1. The lowest BCUT2D eigenvalue weighted by Gasteiger charge is -2.32. The minimum absolute atomic E-state index is 0. The van der Waals surface area contributed by atoms with E-state index in [0.29, 0.717) is 12.8 Å². The van der Waals surface area contributed by atoms with Gasteiger partial charge in [-0.25, -0.2) is 0 Å². The van der Waals surface area contributed by atoms with Gasteiger partial charge in [0.1, 0.15) is 0 Å². The van der Waals surface area contributed by atoms with E-state index in [0.717, 1.165) is 50.5 Å². The molecule has 2 heterocycles. The molecule has 144 valence electrons. The molecule has 2 aliphatic rings. The third kappa shape index (κ3) is 5.21. The summed E-state index contributed by atoms with van der Waals surface area (Å²) in [7, 11) is 1.98. The summed E-state index contributed by atoms with van der Waals surface area (Å²) in [6.07, 6.45) is 5.25. The number of nitrogens with one attached hydrogen (secondary N) is 2. The lowest BCUT2D eigenvalue weighted by molar-refractivity contribution is -0.133. The molecule has 5 nitrogen and oxygen atoms in total. The van der Waals surface area contributed by atoms with Crippen molar-refractivity contribution in [3.05, 3.63) is 29.8 Å². The molecular formula is C20H30ClN3O2. The molecule has 0 radical (unpaired) electrons. The van der Waals surface area contributed by atoms with E-state index < -0.39 is 0 Å². The van der Waals surface area contributed by atoms with Crippen LogP contribution < -0.4 is 10.6 Å². The van der Waals surface area contributed by atoms with Crippen LogP contribution in [0.5, 0.6) is 0 Å². The summed E-state index contributed by atoms with van der Waals surface area (Å²) >= 11 is 0. The third-order valence-electron chi connectivity index (χ3n) is 5.59. The first-order valence-corrected chi connectivity index (χ1v) is 9.48. The van der Waals surface area contributed by atoms with Crippen molar-refractivity contribution >= 4 is 29.9 Å². The molecule has 2 N–H and O–H groups in total. The first kappa shape index (κ1) is 20.7. The largest absolute Gasteiger partial charge is 0.343 e. The Morgan fingerprint density at radius 1 is 1.23 bits per heavy atom. The average Bonchev–Trinajstić information content (AvgIpc) is 2.64. The number of piperidine rings is 1. The molecule has 1 saturated heterocycles. The van der Waals surface area contributed by atoms with E-state index in [4.69, 9.17) is 0 Å². The third-order valence-corrected chi connectivity index (χ3v) is 5.59. The molecule has 0 spiro atoms. The Labute approximate surface area is 162 Å². The van der Waals surface area contributed by atoms with Crippen molar-refractivity contribution in [2.24, 2.45) is 11.8 Å². The number of anilines is 1. The highest BCUT2D eigenvalue weighted by Crippen LogP contribution is 2.28. The number of carbonyl (C=O) groups excluding carboxylic acids is 2. The maximum absolute atomic E-state index is 12.5. The van der Waals surface area contributed by atoms with E-state index in [1.165, 1.54) is 12.0 Å². The van der Waals surface area contributed by atoms with Gasteiger partial charge >= 0.3 is 0 Å². The molecule has 2 amide bonds. The summed E-state index contributed by atoms with van der Waals surface area (Å²) in [6.45, 7) is 2.79. The predicted octanol–water partition coefficient (Wildman–Crippen LogP) is 2.85. The number of likely N-dealkylation sites (tertiary alicyclic amines) is 1. The number of rotatable bonds is 6. The number of benzene rings is 1. The minimum atomic E-state index is -0.0907.